The number of fused-ring (bicyclic) bond motifs is 2. The fraction of sp³-hybridized carbons (Fsp3) is 0.323. The quantitative estimate of drug-likeness (QED) is 0.443. The monoisotopic (exact) mass is 559 g/mol. The van der Waals surface area contributed by atoms with Gasteiger partial charge in [0.1, 0.15) is 12.2 Å². The number of hydrogen-bond donors (Lipinski definition) is 2. The van der Waals surface area contributed by atoms with E-state index in [9.17, 15) is 18.8 Å². The third kappa shape index (κ3) is 6.02. The maximum atomic E-state index is 14.8. The summed E-state index contributed by atoms with van der Waals surface area (Å²) in [4.78, 5) is 47.6. The number of anilines is 3. The van der Waals surface area contributed by atoms with Crippen LogP contribution in [0, 0.1) is 12.7 Å². The number of nitrogens with zero attached hydrogens (tertiary/aromatic N) is 3. The van der Waals surface area contributed by atoms with Gasteiger partial charge in [0.25, 0.3) is 5.91 Å². The van der Waals surface area contributed by atoms with Gasteiger partial charge >= 0.3 is 6.09 Å². The Morgan fingerprint density at radius 2 is 1.85 bits per heavy atom. The van der Waals surface area contributed by atoms with Crippen LogP contribution in [0.1, 0.15) is 46.3 Å². The van der Waals surface area contributed by atoms with Crippen LogP contribution < -0.4 is 25.9 Å². The number of carbonyl (C=O) groups is 3. The maximum absolute atomic E-state index is 14.8. The van der Waals surface area contributed by atoms with E-state index >= 15 is 0 Å². The molecule has 3 aromatic rings. The third-order valence-corrected chi connectivity index (χ3v) is 7.48. The predicted octanol–water partition coefficient (Wildman–Crippen LogP) is 4.46. The molecule has 0 saturated heterocycles. The Kier molecular flexibility index (Phi) is 8.49. The van der Waals surface area contributed by atoms with Crippen molar-refractivity contribution in [3.63, 3.8) is 0 Å². The lowest BCUT2D eigenvalue weighted by atomic mass is 10.0. The van der Waals surface area contributed by atoms with E-state index in [-0.39, 0.29) is 30.6 Å². The number of aryl methyl sites for hydroxylation is 2. The number of rotatable bonds is 7. The Morgan fingerprint density at radius 3 is 2.66 bits per heavy atom. The van der Waals surface area contributed by atoms with Gasteiger partial charge < -0.3 is 25.7 Å². The molecule has 41 heavy (non-hydrogen) atoms. The highest BCUT2D eigenvalue weighted by atomic mass is 19.1. The Bertz CT molecular complexity index is 1460. The predicted molar refractivity (Wildman–Crippen MR) is 155 cm³/mol. The summed E-state index contributed by atoms with van der Waals surface area (Å²) < 4.78 is 14.8. The van der Waals surface area contributed by atoms with Crippen molar-refractivity contribution in [3.05, 3.63) is 88.7 Å². The van der Waals surface area contributed by atoms with E-state index in [1.165, 1.54) is 22.6 Å². The Hall–Kier alpha value is -4.44. The summed E-state index contributed by atoms with van der Waals surface area (Å²) in [5, 5.41) is 3.65. The summed E-state index contributed by atoms with van der Waals surface area (Å²) >= 11 is 0. The van der Waals surface area contributed by atoms with E-state index < -0.39 is 11.9 Å². The van der Waals surface area contributed by atoms with Crippen LogP contribution >= 0.6 is 0 Å². The van der Waals surface area contributed by atoms with Crippen LogP contribution in [-0.4, -0.2) is 44.1 Å². The van der Waals surface area contributed by atoms with Crippen LogP contribution in [0.25, 0.3) is 0 Å². The van der Waals surface area contributed by atoms with Crippen LogP contribution in [0.15, 0.2) is 60.7 Å². The molecule has 2 heterocycles. The highest BCUT2D eigenvalue weighted by Crippen LogP contribution is 2.36. The number of halogens is 1. The number of benzene rings is 3. The second-order valence-electron chi connectivity index (χ2n) is 10.2. The summed E-state index contributed by atoms with van der Waals surface area (Å²) in [6.07, 6.45) is 2.65. The first kappa shape index (κ1) is 28.1. The second-order valence-corrected chi connectivity index (χ2v) is 10.2. The zero-order valence-corrected chi connectivity index (χ0v) is 23.1. The second kappa shape index (κ2) is 12.4. The molecule has 0 atom stereocenters. The molecule has 5 rings (SSSR count). The lowest BCUT2D eigenvalue weighted by Crippen LogP contribution is -2.48. The average molecular weight is 560 g/mol. The number of nitrogens with one attached hydrogen (secondary N) is 1. The van der Waals surface area contributed by atoms with E-state index in [1.54, 1.807) is 18.2 Å². The molecule has 2 aliphatic heterocycles. The van der Waals surface area contributed by atoms with Crippen molar-refractivity contribution in [2.24, 2.45) is 5.73 Å². The number of hydrogen-bond acceptors (Lipinski definition) is 6. The molecule has 214 valence electrons. The van der Waals surface area contributed by atoms with E-state index in [0.29, 0.717) is 37.3 Å². The van der Waals surface area contributed by atoms with Gasteiger partial charge in [-0.2, -0.15) is 5.06 Å². The van der Waals surface area contributed by atoms with Crippen LogP contribution in [0.2, 0.25) is 0 Å². The number of para-hydroxylation sites is 2. The Labute approximate surface area is 238 Å². The van der Waals surface area contributed by atoms with Crippen molar-refractivity contribution in [3.8, 4) is 0 Å². The third-order valence-electron chi connectivity index (χ3n) is 7.48. The number of nitrogens with two attached hydrogens (primary N) is 1. The molecular formula is C31H34FN5O4. The minimum Gasteiger partial charge on any atom is -0.330 e. The van der Waals surface area contributed by atoms with Gasteiger partial charge in [0.05, 0.1) is 5.69 Å². The van der Waals surface area contributed by atoms with Gasteiger partial charge in [0, 0.05) is 30.9 Å². The minimum absolute atomic E-state index is 0.0217. The summed E-state index contributed by atoms with van der Waals surface area (Å²) in [7, 11) is 0. The summed E-state index contributed by atoms with van der Waals surface area (Å²) in [6, 6.07) is 17.8. The van der Waals surface area contributed by atoms with Crippen LogP contribution in [0.3, 0.4) is 0 Å². The molecule has 0 aromatic heterocycles. The molecule has 0 fully saturated rings. The molecule has 3 N–H and O–H groups in total. The highest BCUT2D eigenvalue weighted by molar-refractivity contribution is 6.07. The summed E-state index contributed by atoms with van der Waals surface area (Å²) in [6.45, 7) is 3.07. The van der Waals surface area contributed by atoms with Crippen molar-refractivity contribution in [2.45, 2.75) is 39.2 Å². The zero-order valence-electron chi connectivity index (χ0n) is 23.1. The van der Waals surface area contributed by atoms with Crippen LogP contribution in [-0.2, 0) is 22.6 Å². The van der Waals surface area contributed by atoms with Crippen molar-refractivity contribution in [1.82, 2.24) is 5.32 Å². The summed E-state index contributed by atoms with van der Waals surface area (Å²) in [5.41, 5.74) is 10.3. The fourth-order valence-electron chi connectivity index (χ4n) is 5.35. The lowest BCUT2D eigenvalue weighted by molar-refractivity contribution is -0.118. The molecule has 10 heteroatoms. The number of amides is 3. The van der Waals surface area contributed by atoms with Gasteiger partial charge in [0.15, 0.2) is 5.82 Å². The van der Waals surface area contributed by atoms with Gasteiger partial charge in [-0.15, -0.1) is 0 Å². The first-order chi connectivity index (χ1) is 19.9. The Morgan fingerprint density at radius 1 is 1.05 bits per heavy atom. The largest absolute Gasteiger partial charge is 0.431 e. The average Bonchev–Trinajstić information content (AvgIpc) is 3.18. The molecule has 0 bridgehead atoms. The van der Waals surface area contributed by atoms with E-state index in [0.717, 1.165) is 41.1 Å². The Balaban J connectivity index is 1.25. The van der Waals surface area contributed by atoms with Crippen molar-refractivity contribution in [1.29, 1.82) is 0 Å². The molecule has 2 aliphatic rings. The minimum atomic E-state index is -0.830. The first-order valence-electron chi connectivity index (χ1n) is 13.9. The molecule has 9 nitrogen and oxygen atoms in total. The number of carbonyl (C=O) groups excluding carboxylic acids is 3. The fourth-order valence-corrected chi connectivity index (χ4v) is 5.35. The maximum Gasteiger partial charge on any atom is 0.431 e. The molecule has 0 radical (unpaired) electrons. The van der Waals surface area contributed by atoms with Crippen molar-refractivity contribution in [2.75, 3.05) is 41.0 Å². The highest BCUT2D eigenvalue weighted by Gasteiger charge is 2.33. The van der Waals surface area contributed by atoms with Gasteiger partial charge in [0.2, 0.25) is 5.91 Å². The molecule has 0 spiro atoms. The topological polar surface area (TPSA) is 108 Å². The van der Waals surface area contributed by atoms with E-state index in [2.05, 4.69) is 11.4 Å². The van der Waals surface area contributed by atoms with Crippen LogP contribution in [0.5, 0.6) is 0 Å². The van der Waals surface area contributed by atoms with E-state index in [1.807, 2.05) is 36.1 Å². The normalized spacial score (nSPS) is 14.7. The van der Waals surface area contributed by atoms with Gasteiger partial charge in [-0.25, -0.2) is 9.18 Å². The smallest absolute Gasteiger partial charge is 0.330 e. The zero-order chi connectivity index (χ0) is 28.9. The van der Waals surface area contributed by atoms with Crippen molar-refractivity contribution >= 4 is 35.0 Å². The molecule has 0 aliphatic carbocycles. The molecule has 0 unspecified atom stereocenters. The molecule has 3 aromatic carbocycles. The van der Waals surface area contributed by atoms with Gasteiger partial charge in [-0.1, -0.05) is 30.3 Å². The number of hydroxylamine groups is 1. The van der Waals surface area contributed by atoms with Gasteiger partial charge in [-0.05, 0) is 86.2 Å². The van der Waals surface area contributed by atoms with Crippen molar-refractivity contribution < 1.29 is 23.6 Å². The molecule has 3 amide bonds. The first-order valence-corrected chi connectivity index (χ1v) is 13.9. The molecule has 0 saturated carbocycles. The van der Waals surface area contributed by atoms with Gasteiger partial charge in [-0.3, -0.25) is 9.59 Å². The lowest BCUT2D eigenvalue weighted by Gasteiger charge is -2.35. The molecular weight excluding hydrogens is 525 g/mol. The van der Waals surface area contributed by atoms with E-state index in [4.69, 9.17) is 10.6 Å². The van der Waals surface area contributed by atoms with Crippen LogP contribution in [0.4, 0.5) is 26.2 Å². The SMILES string of the molecule is Cc1cc(C(=O)N2CCCCc3ccccc32)ccc1CNC(=O)ON1CC(=O)N(CCCN)c2cccc(F)c21. The standard InChI is InChI=1S/C31H34FN5O4/c1-21-18-23(30(39)36-16-5-4-9-22-8-2-3-11-26(22)36)13-14-24(21)19-34-31(40)41-37-20-28(38)35(17-7-15-33)27-12-6-10-25(32)29(27)37/h2-3,6,8,10-14,18H,4-5,7,9,15-17,19-20,33H2,1H3,(H,34,40). The summed E-state index contributed by atoms with van der Waals surface area (Å²) in [5.74, 6) is -0.992.